The fraction of sp³-hybridized carbons (Fsp3) is 0.538. The highest BCUT2D eigenvalue weighted by Gasteiger charge is 2.23. The minimum Gasteiger partial charge on any atom is -0.496 e. The average molecular weight is 240 g/mol. The van der Waals surface area contributed by atoms with Crippen LogP contribution in [0.1, 0.15) is 30.9 Å². The van der Waals surface area contributed by atoms with E-state index in [1.165, 1.54) is 24.8 Å². The Bertz CT molecular complexity index is 367. The molecule has 1 aromatic carbocycles. The molecule has 1 fully saturated rings. The van der Waals surface area contributed by atoms with E-state index in [4.69, 9.17) is 16.3 Å². The molecule has 88 valence electrons. The summed E-state index contributed by atoms with van der Waals surface area (Å²) in [7, 11) is 3.88. The SMILES string of the molecule is COc1cc(Cl)ccc1C1CCCCN1C. The lowest BCUT2D eigenvalue weighted by Crippen LogP contribution is -2.29. The summed E-state index contributed by atoms with van der Waals surface area (Å²) in [6.45, 7) is 1.16. The zero-order chi connectivity index (χ0) is 11.5. The zero-order valence-corrected chi connectivity index (χ0v) is 10.6. The van der Waals surface area contributed by atoms with Crippen molar-refractivity contribution in [2.24, 2.45) is 0 Å². The van der Waals surface area contributed by atoms with E-state index in [1.807, 2.05) is 12.1 Å². The summed E-state index contributed by atoms with van der Waals surface area (Å²) in [5.41, 5.74) is 1.26. The van der Waals surface area contributed by atoms with E-state index >= 15 is 0 Å². The Balaban J connectivity index is 2.30. The standard InChI is InChI=1S/C13H18ClNO/c1-15-8-4-3-5-12(15)11-7-6-10(14)9-13(11)16-2/h6-7,9,12H,3-5,8H2,1-2H3. The van der Waals surface area contributed by atoms with Crippen LogP contribution in [-0.2, 0) is 0 Å². The average Bonchev–Trinajstić information content (AvgIpc) is 2.30. The van der Waals surface area contributed by atoms with Crippen molar-refractivity contribution >= 4 is 11.6 Å². The van der Waals surface area contributed by atoms with E-state index in [-0.39, 0.29) is 0 Å². The van der Waals surface area contributed by atoms with Crippen LogP contribution in [0, 0.1) is 0 Å². The van der Waals surface area contributed by atoms with Crippen molar-refractivity contribution in [1.82, 2.24) is 4.90 Å². The fourth-order valence-corrected chi connectivity index (χ4v) is 2.59. The predicted octanol–water partition coefficient (Wildman–Crippen LogP) is 3.51. The lowest BCUT2D eigenvalue weighted by atomic mass is 9.95. The molecular weight excluding hydrogens is 222 g/mol. The van der Waals surface area contributed by atoms with Gasteiger partial charge in [-0.05, 0) is 38.6 Å². The molecule has 0 saturated carbocycles. The second-order valence-electron chi connectivity index (χ2n) is 4.38. The van der Waals surface area contributed by atoms with E-state index in [2.05, 4.69) is 18.0 Å². The van der Waals surface area contributed by atoms with Gasteiger partial charge in [0.1, 0.15) is 5.75 Å². The Hall–Kier alpha value is -0.730. The molecule has 0 spiro atoms. The number of hydrogen-bond donors (Lipinski definition) is 0. The van der Waals surface area contributed by atoms with Crippen molar-refractivity contribution in [3.63, 3.8) is 0 Å². The first-order valence-corrected chi connectivity index (χ1v) is 6.14. The molecule has 1 aliphatic rings. The summed E-state index contributed by atoms with van der Waals surface area (Å²) in [6, 6.07) is 6.41. The van der Waals surface area contributed by atoms with Gasteiger partial charge in [0.15, 0.2) is 0 Å². The number of ether oxygens (including phenoxy) is 1. The van der Waals surface area contributed by atoms with Gasteiger partial charge in [-0.15, -0.1) is 0 Å². The highest BCUT2D eigenvalue weighted by molar-refractivity contribution is 6.30. The smallest absolute Gasteiger partial charge is 0.125 e. The fourth-order valence-electron chi connectivity index (χ4n) is 2.43. The van der Waals surface area contributed by atoms with Crippen molar-refractivity contribution < 1.29 is 4.74 Å². The molecule has 0 amide bonds. The summed E-state index contributed by atoms with van der Waals surface area (Å²) < 4.78 is 5.42. The summed E-state index contributed by atoms with van der Waals surface area (Å²) in [5, 5.41) is 0.735. The molecule has 2 rings (SSSR count). The molecule has 0 aromatic heterocycles. The minimum atomic E-state index is 0.473. The Morgan fingerprint density at radius 2 is 2.19 bits per heavy atom. The highest BCUT2D eigenvalue weighted by Crippen LogP contribution is 2.36. The van der Waals surface area contributed by atoms with Crippen molar-refractivity contribution in [2.45, 2.75) is 25.3 Å². The van der Waals surface area contributed by atoms with E-state index in [1.54, 1.807) is 7.11 Å². The van der Waals surface area contributed by atoms with E-state index in [0.29, 0.717) is 6.04 Å². The maximum atomic E-state index is 5.98. The number of rotatable bonds is 2. The zero-order valence-electron chi connectivity index (χ0n) is 9.87. The first-order chi connectivity index (χ1) is 7.72. The van der Waals surface area contributed by atoms with E-state index < -0.39 is 0 Å². The topological polar surface area (TPSA) is 12.5 Å². The monoisotopic (exact) mass is 239 g/mol. The molecule has 1 atom stereocenters. The van der Waals surface area contributed by atoms with Crippen molar-refractivity contribution in [3.05, 3.63) is 28.8 Å². The molecular formula is C13H18ClNO. The maximum Gasteiger partial charge on any atom is 0.125 e. The van der Waals surface area contributed by atoms with Crippen LogP contribution in [0.25, 0.3) is 0 Å². The molecule has 1 aromatic rings. The lowest BCUT2D eigenvalue weighted by molar-refractivity contribution is 0.183. The van der Waals surface area contributed by atoms with Crippen molar-refractivity contribution in [3.8, 4) is 5.75 Å². The van der Waals surface area contributed by atoms with Crippen LogP contribution in [0.3, 0.4) is 0 Å². The van der Waals surface area contributed by atoms with Crippen LogP contribution < -0.4 is 4.74 Å². The molecule has 1 heterocycles. The summed E-state index contributed by atoms with van der Waals surface area (Å²) in [5.74, 6) is 0.909. The lowest BCUT2D eigenvalue weighted by Gasteiger charge is -2.33. The van der Waals surface area contributed by atoms with Gasteiger partial charge < -0.3 is 4.74 Å². The molecule has 0 radical (unpaired) electrons. The normalized spacial score (nSPS) is 22.1. The van der Waals surface area contributed by atoms with Gasteiger partial charge in [-0.3, -0.25) is 4.90 Å². The van der Waals surface area contributed by atoms with Crippen LogP contribution in [-0.4, -0.2) is 25.6 Å². The number of methoxy groups -OCH3 is 1. The molecule has 1 unspecified atom stereocenters. The number of nitrogens with zero attached hydrogens (tertiary/aromatic N) is 1. The Labute approximate surface area is 102 Å². The number of benzene rings is 1. The number of halogens is 1. The second-order valence-corrected chi connectivity index (χ2v) is 4.81. The van der Waals surface area contributed by atoms with Gasteiger partial charge >= 0.3 is 0 Å². The van der Waals surface area contributed by atoms with Crippen molar-refractivity contribution in [2.75, 3.05) is 20.7 Å². The van der Waals surface area contributed by atoms with Gasteiger partial charge in [0.25, 0.3) is 0 Å². The van der Waals surface area contributed by atoms with Crippen molar-refractivity contribution in [1.29, 1.82) is 0 Å². The Morgan fingerprint density at radius 1 is 1.38 bits per heavy atom. The van der Waals surface area contributed by atoms with E-state index in [0.717, 1.165) is 17.3 Å². The van der Waals surface area contributed by atoms with Crippen LogP contribution in [0.15, 0.2) is 18.2 Å². The number of hydrogen-bond acceptors (Lipinski definition) is 2. The summed E-state index contributed by atoms with van der Waals surface area (Å²) in [6.07, 6.45) is 3.79. The van der Waals surface area contributed by atoms with Crippen LogP contribution in [0.4, 0.5) is 0 Å². The number of piperidine rings is 1. The summed E-state index contributed by atoms with van der Waals surface area (Å²) in [4.78, 5) is 2.40. The van der Waals surface area contributed by atoms with E-state index in [9.17, 15) is 0 Å². The Kier molecular flexibility index (Phi) is 3.72. The third kappa shape index (κ3) is 2.33. The largest absolute Gasteiger partial charge is 0.496 e. The second kappa shape index (κ2) is 5.07. The molecule has 0 bridgehead atoms. The predicted molar refractivity (Wildman–Crippen MR) is 67.2 cm³/mol. The quantitative estimate of drug-likeness (QED) is 0.783. The first-order valence-electron chi connectivity index (χ1n) is 5.76. The van der Waals surface area contributed by atoms with Crippen LogP contribution in [0.2, 0.25) is 5.02 Å². The molecule has 16 heavy (non-hydrogen) atoms. The third-order valence-electron chi connectivity index (χ3n) is 3.32. The van der Waals surface area contributed by atoms with Gasteiger partial charge in [0.2, 0.25) is 0 Å². The molecule has 0 N–H and O–H groups in total. The molecule has 2 nitrogen and oxygen atoms in total. The Morgan fingerprint density at radius 3 is 2.88 bits per heavy atom. The summed E-state index contributed by atoms with van der Waals surface area (Å²) >= 11 is 5.98. The highest BCUT2D eigenvalue weighted by atomic mass is 35.5. The molecule has 0 aliphatic carbocycles. The molecule has 3 heteroatoms. The van der Waals surface area contributed by atoms with Gasteiger partial charge in [0.05, 0.1) is 7.11 Å². The third-order valence-corrected chi connectivity index (χ3v) is 3.56. The maximum absolute atomic E-state index is 5.98. The number of likely N-dealkylation sites (tertiary alicyclic amines) is 1. The van der Waals surface area contributed by atoms with Gasteiger partial charge in [-0.1, -0.05) is 24.1 Å². The van der Waals surface area contributed by atoms with Gasteiger partial charge in [-0.2, -0.15) is 0 Å². The van der Waals surface area contributed by atoms with Gasteiger partial charge in [0, 0.05) is 16.6 Å². The molecule has 1 aliphatic heterocycles. The first kappa shape index (κ1) is 11.7. The van der Waals surface area contributed by atoms with Crippen LogP contribution >= 0.6 is 11.6 Å². The van der Waals surface area contributed by atoms with Gasteiger partial charge in [-0.25, -0.2) is 0 Å². The van der Waals surface area contributed by atoms with Crippen LogP contribution in [0.5, 0.6) is 5.75 Å². The minimum absolute atomic E-state index is 0.473. The molecule has 1 saturated heterocycles.